The summed E-state index contributed by atoms with van der Waals surface area (Å²) in [5.41, 5.74) is 1.79. The van der Waals surface area contributed by atoms with E-state index in [1.165, 1.54) is 0 Å². The van der Waals surface area contributed by atoms with E-state index in [2.05, 4.69) is 10.6 Å². The van der Waals surface area contributed by atoms with Crippen molar-refractivity contribution < 1.29 is 19.1 Å². The Balaban J connectivity index is 1.68. The zero-order chi connectivity index (χ0) is 16.7. The van der Waals surface area contributed by atoms with Crippen molar-refractivity contribution in [2.45, 2.75) is 25.8 Å². The number of carboxylic acids is 1. The van der Waals surface area contributed by atoms with Gasteiger partial charge in [-0.2, -0.15) is 0 Å². The van der Waals surface area contributed by atoms with Gasteiger partial charge in [-0.25, -0.2) is 0 Å². The van der Waals surface area contributed by atoms with E-state index in [0.717, 1.165) is 16.5 Å². The molecule has 0 spiro atoms. The Morgan fingerprint density at radius 2 is 2.04 bits per heavy atom. The molecule has 3 N–H and O–H groups in total. The molecule has 1 amide bonds. The third kappa shape index (κ3) is 5.58. The van der Waals surface area contributed by atoms with E-state index < -0.39 is 5.97 Å². The molecule has 0 saturated carbocycles. The Morgan fingerprint density at radius 1 is 1.22 bits per heavy atom. The Hall–Kier alpha value is -2.05. The maximum atomic E-state index is 11.5. The van der Waals surface area contributed by atoms with E-state index in [1.807, 2.05) is 18.2 Å². The number of carbonyl (C=O) groups excluding carboxylic acids is 1. The SMILES string of the molecule is O=C(O)CCNC(=O)CCCNCc1cc(Cl)cc2ccoc12. The highest BCUT2D eigenvalue weighted by atomic mass is 35.5. The maximum absolute atomic E-state index is 11.5. The van der Waals surface area contributed by atoms with Gasteiger partial charge in [-0.15, -0.1) is 0 Å². The fourth-order valence-corrected chi connectivity index (χ4v) is 2.49. The number of rotatable bonds is 9. The van der Waals surface area contributed by atoms with Crippen molar-refractivity contribution in [3.63, 3.8) is 0 Å². The van der Waals surface area contributed by atoms with Crippen molar-refractivity contribution in [2.24, 2.45) is 0 Å². The second kappa shape index (κ2) is 8.55. The second-order valence-corrected chi connectivity index (χ2v) is 5.61. The third-order valence-corrected chi connectivity index (χ3v) is 3.54. The molecule has 0 unspecified atom stereocenters. The zero-order valence-corrected chi connectivity index (χ0v) is 13.4. The van der Waals surface area contributed by atoms with Gasteiger partial charge in [-0.3, -0.25) is 9.59 Å². The van der Waals surface area contributed by atoms with Crippen LogP contribution < -0.4 is 10.6 Å². The fourth-order valence-electron chi connectivity index (χ4n) is 2.24. The molecule has 0 fully saturated rings. The van der Waals surface area contributed by atoms with Crippen LogP contribution in [0.2, 0.25) is 5.02 Å². The Morgan fingerprint density at radius 3 is 2.83 bits per heavy atom. The molecule has 23 heavy (non-hydrogen) atoms. The highest BCUT2D eigenvalue weighted by molar-refractivity contribution is 6.31. The van der Waals surface area contributed by atoms with Crippen molar-refractivity contribution in [1.29, 1.82) is 0 Å². The summed E-state index contributed by atoms with van der Waals surface area (Å²) in [5, 5.41) is 15.9. The summed E-state index contributed by atoms with van der Waals surface area (Å²) in [6, 6.07) is 5.58. The molecule has 1 heterocycles. The van der Waals surface area contributed by atoms with Crippen molar-refractivity contribution >= 4 is 34.4 Å². The van der Waals surface area contributed by atoms with Crippen LogP contribution in [0, 0.1) is 0 Å². The van der Waals surface area contributed by atoms with Crippen molar-refractivity contribution in [1.82, 2.24) is 10.6 Å². The van der Waals surface area contributed by atoms with E-state index in [0.29, 0.717) is 31.0 Å². The zero-order valence-electron chi connectivity index (χ0n) is 12.6. The van der Waals surface area contributed by atoms with Gasteiger partial charge in [-0.05, 0) is 31.2 Å². The number of carboxylic acid groups (broad SMARTS) is 1. The third-order valence-electron chi connectivity index (χ3n) is 3.33. The highest BCUT2D eigenvalue weighted by Crippen LogP contribution is 2.24. The molecular weight excluding hydrogens is 320 g/mol. The molecule has 7 heteroatoms. The molecule has 0 saturated heterocycles. The predicted molar refractivity (Wildman–Crippen MR) is 87.4 cm³/mol. The van der Waals surface area contributed by atoms with Gasteiger partial charge in [0.05, 0.1) is 12.7 Å². The van der Waals surface area contributed by atoms with Crippen molar-refractivity contribution in [2.75, 3.05) is 13.1 Å². The molecule has 1 aromatic carbocycles. The van der Waals surface area contributed by atoms with Gasteiger partial charge in [0, 0.05) is 35.5 Å². The Bertz CT molecular complexity index is 684. The molecule has 1 aromatic heterocycles. The van der Waals surface area contributed by atoms with Crippen LogP contribution in [0.15, 0.2) is 28.9 Å². The summed E-state index contributed by atoms with van der Waals surface area (Å²) in [7, 11) is 0. The number of carbonyl (C=O) groups is 2. The van der Waals surface area contributed by atoms with Crippen LogP contribution in [0.5, 0.6) is 0 Å². The quantitative estimate of drug-likeness (QED) is 0.611. The number of hydrogen-bond donors (Lipinski definition) is 3. The first-order valence-electron chi connectivity index (χ1n) is 7.41. The number of amides is 1. The molecule has 0 aliphatic heterocycles. The Kier molecular flexibility index (Phi) is 6.43. The van der Waals surface area contributed by atoms with E-state index >= 15 is 0 Å². The number of furan rings is 1. The molecule has 124 valence electrons. The maximum Gasteiger partial charge on any atom is 0.305 e. The van der Waals surface area contributed by atoms with Crippen LogP contribution in [0.4, 0.5) is 0 Å². The van der Waals surface area contributed by atoms with E-state index in [-0.39, 0.29) is 18.9 Å². The smallest absolute Gasteiger partial charge is 0.305 e. The van der Waals surface area contributed by atoms with Gasteiger partial charge < -0.3 is 20.2 Å². The summed E-state index contributed by atoms with van der Waals surface area (Å²) >= 11 is 6.07. The number of hydrogen-bond acceptors (Lipinski definition) is 4. The van der Waals surface area contributed by atoms with E-state index in [4.69, 9.17) is 21.1 Å². The highest BCUT2D eigenvalue weighted by Gasteiger charge is 2.07. The van der Waals surface area contributed by atoms with Crippen LogP contribution >= 0.6 is 11.6 Å². The van der Waals surface area contributed by atoms with Crippen molar-refractivity contribution in [3.05, 3.63) is 35.0 Å². The lowest BCUT2D eigenvalue weighted by atomic mass is 10.1. The minimum atomic E-state index is -0.919. The van der Waals surface area contributed by atoms with Crippen LogP contribution in [-0.4, -0.2) is 30.1 Å². The van der Waals surface area contributed by atoms with Gasteiger partial charge in [0.1, 0.15) is 5.58 Å². The Labute approximate surface area is 138 Å². The van der Waals surface area contributed by atoms with E-state index in [9.17, 15) is 9.59 Å². The summed E-state index contributed by atoms with van der Waals surface area (Å²) < 4.78 is 5.45. The van der Waals surface area contributed by atoms with Crippen molar-refractivity contribution in [3.8, 4) is 0 Å². The lowest BCUT2D eigenvalue weighted by molar-refractivity contribution is -0.136. The number of nitrogens with one attached hydrogen (secondary N) is 2. The molecule has 0 atom stereocenters. The molecule has 0 bridgehead atoms. The number of benzene rings is 1. The van der Waals surface area contributed by atoms with Crippen LogP contribution in [0.25, 0.3) is 11.0 Å². The first-order chi connectivity index (χ1) is 11.1. The van der Waals surface area contributed by atoms with Crippen LogP contribution in [0.1, 0.15) is 24.8 Å². The topological polar surface area (TPSA) is 91.6 Å². The monoisotopic (exact) mass is 338 g/mol. The number of fused-ring (bicyclic) bond motifs is 1. The van der Waals surface area contributed by atoms with E-state index in [1.54, 1.807) is 6.26 Å². The summed E-state index contributed by atoms with van der Waals surface area (Å²) in [6.45, 7) is 1.44. The normalized spacial score (nSPS) is 10.8. The fraction of sp³-hybridized carbons (Fsp3) is 0.375. The second-order valence-electron chi connectivity index (χ2n) is 5.18. The average molecular weight is 339 g/mol. The first-order valence-corrected chi connectivity index (χ1v) is 7.79. The first kappa shape index (κ1) is 17.3. The molecule has 2 aromatic rings. The molecular formula is C16H19ClN2O4. The summed E-state index contributed by atoms with van der Waals surface area (Å²) in [5.74, 6) is -1.05. The number of aliphatic carboxylic acids is 1. The van der Waals surface area contributed by atoms with Gasteiger partial charge >= 0.3 is 5.97 Å². The largest absolute Gasteiger partial charge is 0.481 e. The molecule has 6 nitrogen and oxygen atoms in total. The van der Waals surface area contributed by atoms with Gasteiger partial charge in [0.2, 0.25) is 5.91 Å². The molecule has 0 radical (unpaired) electrons. The molecule has 0 aliphatic carbocycles. The predicted octanol–water partition coefficient (Wildman–Crippen LogP) is 2.55. The lowest BCUT2D eigenvalue weighted by Crippen LogP contribution is -2.26. The van der Waals surface area contributed by atoms with Crippen LogP contribution in [0.3, 0.4) is 0 Å². The standard InChI is InChI=1S/C16H19ClN2O4/c17-13-8-11-4-7-23-16(11)12(9-13)10-18-5-1-2-14(20)19-6-3-15(21)22/h4,7-9,18H,1-3,5-6,10H2,(H,19,20)(H,21,22). The van der Waals surface area contributed by atoms with Gasteiger partial charge in [0.15, 0.2) is 0 Å². The minimum absolute atomic E-state index is 0.0576. The lowest BCUT2D eigenvalue weighted by Gasteiger charge is -2.07. The van der Waals surface area contributed by atoms with Gasteiger partial charge in [0.25, 0.3) is 0 Å². The number of halogens is 1. The summed E-state index contributed by atoms with van der Waals surface area (Å²) in [4.78, 5) is 21.8. The van der Waals surface area contributed by atoms with Gasteiger partial charge in [-0.1, -0.05) is 11.6 Å². The average Bonchev–Trinajstić information content (AvgIpc) is 2.94. The van der Waals surface area contributed by atoms with Crippen LogP contribution in [-0.2, 0) is 16.1 Å². The molecule has 2 rings (SSSR count). The minimum Gasteiger partial charge on any atom is -0.481 e. The molecule has 0 aliphatic rings. The summed E-state index contributed by atoms with van der Waals surface area (Å²) in [6.07, 6.45) is 2.60.